The van der Waals surface area contributed by atoms with E-state index in [4.69, 9.17) is 28.6 Å². The van der Waals surface area contributed by atoms with E-state index in [0.717, 1.165) is 22.6 Å². The molecule has 2 aromatic rings. The molecule has 3 rings (SSSR count). The molecule has 1 amide bonds. The second-order valence-electron chi connectivity index (χ2n) is 6.75. The molecule has 0 radical (unpaired) electrons. The smallest absolute Gasteiger partial charge is 0.253 e. The zero-order valence-electron chi connectivity index (χ0n) is 16.0. The molecular weight excluding hydrogens is 394 g/mol. The van der Waals surface area contributed by atoms with Gasteiger partial charge >= 0.3 is 0 Å². The number of benzene rings is 2. The lowest BCUT2D eigenvalue weighted by molar-refractivity contribution is -0.125. The van der Waals surface area contributed by atoms with Crippen LogP contribution in [0, 0.1) is 0 Å². The predicted molar refractivity (Wildman–Crippen MR) is 115 cm³/mol. The van der Waals surface area contributed by atoms with Crippen LogP contribution in [0.3, 0.4) is 0 Å². The Morgan fingerprint density at radius 1 is 1.14 bits per heavy atom. The molecular formula is C21H22ClN3O2S. The molecule has 1 aliphatic heterocycles. The Morgan fingerprint density at radius 3 is 2.39 bits per heavy atom. The van der Waals surface area contributed by atoms with Crippen LogP contribution in [0.25, 0.3) is 0 Å². The number of ether oxygens (including phenoxy) is 1. The summed E-state index contributed by atoms with van der Waals surface area (Å²) in [7, 11) is 3.47. The highest BCUT2D eigenvalue weighted by Crippen LogP contribution is 2.29. The zero-order chi connectivity index (χ0) is 20.3. The van der Waals surface area contributed by atoms with Gasteiger partial charge in [-0.3, -0.25) is 4.79 Å². The number of rotatable bonds is 5. The number of carbonyl (C=O) groups excluding carboxylic acids is 1. The van der Waals surface area contributed by atoms with Gasteiger partial charge in [-0.25, -0.2) is 0 Å². The number of nitrogens with one attached hydrogen (secondary N) is 2. The topological polar surface area (TPSA) is 53.6 Å². The molecule has 0 unspecified atom stereocenters. The summed E-state index contributed by atoms with van der Waals surface area (Å²) >= 11 is 11.2. The molecule has 28 heavy (non-hydrogen) atoms. The van der Waals surface area contributed by atoms with Gasteiger partial charge in [0.2, 0.25) is 0 Å². The van der Waals surface area contributed by atoms with Crippen LogP contribution in [0.4, 0.5) is 0 Å². The standard InChI is InChI=1S/C21H22ClN3O2S/c1-13-18(20(26)25(2)3)19(24-21(28)23-13)15-6-10-17(11-7-15)27-12-14-4-8-16(22)9-5-14/h4-11,19H,12H2,1-3H3,(H2,23,24,28)/t19-/m1/s1. The monoisotopic (exact) mass is 415 g/mol. The van der Waals surface area contributed by atoms with Gasteiger partial charge in [0.1, 0.15) is 12.4 Å². The summed E-state index contributed by atoms with van der Waals surface area (Å²) in [4.78, 5) is 14.2. The summed E-state index contributed by atoms with van der Waals surface area (Å²) in [6.45, 7) is 2.32. The SMILES string of the molecule is CC1=C(C(=O)N(C)C)[C@@H](c2ccc(OCc3ccc(Cl)cc3)cc2)NC(=S)N1. The highest BCUT2D eigenvalue weighted by molar-refractivity contribution is 7.80. The summed E-state index contributed by atoms with van der Waals surface area (Å²) in [5.41, 5.74) is 3.38. The number of amides is 1. The number of thiocarbonyl (C=S) groups is 1. The van der Waals surface area contributed by atoms with Crippen molar-refractivity contribution in [2.45, 2.75) is 19.6 Å². The Bertz CT molecular complexity index is 908. The van der Waals surface area contributed by atoms with Crippen LogP contribution in [0.1, 0.15) is 24.1 Å². The van der Waals surface area contributed by atoms with E-state index < -0.39 is 0 Å². The molecule has 0 saturated carbocycles. The van der Waals surface area contributed by atoms with Crippen LogP contribution in [0.2, 0.25) is 5.02 Å². The van der Waals surface area contributed by atoms with Gasteiger partial charge in [-0.1, -0.05) is 35.9 Å². The maximum atomic E-state index is 12.7. The van der Waals surface area contributed by atoms with Gasteiger partial charge in [-0.2, -0.15) is 0 Å². The normalized spacial score (nSPS) is 16.3. The second kappa shape index (κ2) is 8.63. The van der Waals surface area contributed by atoms with Crippen molar-refractivity contribution in [1.29, 1.82) is 0 Å². The minimum absolute atomic E-state index is 0.0620. The van der Waals surface area contributed by atoms with Gasteiger partial charge in [0.15, 0.2) is 5.11 Å². The molecule has 0 fully saturated rings. The Morgan fingerprint density at radius 2 is 1.79 bits per heavy atom. The molecule has 0 saturated heterocycles. The molecule has 1 heterocycles. The summed E-state index contributed by atoms with van der Waals surface area (Å²) in [6, 6.07) is 14.9. The summed E-state index contributed by atoms with van der Waals surface area (Å²) < 4.78 is 5.84. The Kier molecular flexibility index (Phi) is 6.21. The van der Waals surface area contributed by atoms with E-state index >= 15 is 0 Å². The van der Waals surface area contributed by atoms with E-state index in [1.807, 2.05) is 55.5 Å². The molecule has 146 valence electrons. The fourth-order valence-corrected chi connectivity index (χ4v) is 3.37. The molecule has 2 aromatic carbocycles. The predicted octanol–water partition coefficient (Wildman–Crippen LogP) is 3.80. The number of allylic oxidation sites excluding steroid dienone is 1. The van der Waals surface area contributed by atoms with Crippen molar-refractivity contribution in [1.82, 2.24) is 15.5 Å². The Balaban J connectivity index is 1.77. The van der Waals surface area contributed by atoms with Crippen LogP contribution >= 0.6 is 23.8 Å². The fourth-order valence-electron chi connectivity index (χ4n) is 2.97. The van der Waals surface area contributed by atoms with Gasteiger partial charge in [0.25, 0.3) is 5.91 Å². The van der Waals surface area contributed by atoms with Crippen LogP contribution < -0.4 is 15.4 Å². The molecule has 7 heteroatoms. The minimum Gasteiger partial charge on any atom is -0.489 e. The number of likely N-dealkylation sites (N-methyl/N-ethyl adjacent to an activating group) is 1. The summed E-state index contributed by atoms with van der Waals surface area (Å²) in [5.74, 6) is 0.685. The lowest BCUT2D eigenvalue weighted by atomic mass is 9.94. The van der Waals surface area contributed by atoms with E-state index in [1.165, 1.54) is 0 Å². The summed E-state index contributed by atoms with van der Waals surface area (Å²) in [5, 5.41) is 7.43. The van der Waals surface area contributed by atoms with Crippen molar-refractivity contribution in [2.24, 2.45) is 0 Å². The third-order valence-corrected chi connectivity index (χ3v) is 4.91. The quantitative estimate of drug-likeness (QED) is 0.727. The van der Waals surface area contributed by atoms with Crippen molar-refractivity contribution in [2.75, 3.05) is 14.1 Å². The average Bonchev–Trinajstić information content (AvgIpc) is 2.67. The largest absolute Gasteiger partial charge is 0.489 e. The number of halogens is 1. The van der Waals surface area contributed by atoms with E-state index in [0.29, 0.717) is 22.3 Å². The first-order valence-corrected chi connectivity index (χ1v) is 9.61. The first-order chi connectivity index (χ1) is 13.3. The fraction of sp³-hybridized carbons (Fsp3) is 0.238. The number of nitrogens with zero attached hydrogens (tertiary/aromatic N) is 1. The highest BCUT2D eigenvalue weighted by atomic mass is 35.5. The zero-order valence-corrected chi connectivity index (χ0v) is 17.5. The van der Waals surface area contributed by atoms with Crippen molar-refractivity contribution in [3.05, 3.63) is 76.0 Å². The number of hydrogen-bond acceptors (Lipinski definition) is 3. The molecule has 1 atom stereocenters. The molecule has 0 bridgehead atoms. The van der Waals surface area contributed by atoms with E-state index in [-0.39, 0.29) is 11.9 Å². The molecule has 1 aliphatic rings. The first-order valence-electron chi connectivity index (χ1n) is 8.82. The van der Waals surface area contributed by atoms with Crippen LogP contribution in [0.5, 0.6) is 5.75 Å². The van der Waals surface area contributed by atoms with Gasteiger partial charge in [-0.15, -0.1) is 0 Å². The van der Waals surface area contributed by atoms with E-state index in [9.17, 15) is 4.79 Å². The summed E-state index contributed by atoms with van der Waals surface area (Å²) in [6.07, 6.45) is 0. The van der Waals surface area contributed by atoms with Crippen molar-refractivity contribution in [3.63, 3.8) is 0 Å². The van der Waals surface area contributed by atoms with E-state index in [1.54, 1.807) is 19.0 Å². The number of carbonyl (C=O) groups is 1. The molecule has 0 aliphatic carbocycles. The van der Waals surface area contributed by atoms with Gasteiger partial charge < -0.3 is 20.3 Å². The molecule has 2 N–H and O–H groups in total. The third kappa shape index (κ3) is 4.64. The van der Waals surface area contributed by atoms with Crippen LogP contribution in [0.15, 0.2) is 59.8 Å². The van der Waals surface area contributed by atoms with Crippen molar-refractivity contribution in [3.8, 4) is 5.75 Å². The van der Waals surface area contributed by atoms with Gasteiger partial charge in [-0.05, 0) is 54.5 Å². The Labute approximate surface area is 175 Å². The highest BCUT2D eigenvalue weighted by Gasteiger charge is 2.30. The van der Waals surface area contributed by atoms with E-state index in [2.05, 4.69) is 10.6 Å². The second-order valence-corrected chi connectivity index (χ2v) is 7.60. The third-order valence-electron chi connectivity index (χ3n) is 4.44. The number of hydrogen-bond donors (Lipinski definition) is 2. The maximum Gasteiger partial charge on any atom is 0.253 e. The van der Waals surface area contributed by atoms with Crippen molar-refractivity contribution >= 4 is 34.8 Å². The van der Waals surface area contributed by atoms with Crippen LogP contribution in [-0.4, -0.2) is 30.0 Å². The molecule has 5 nitrogen and oxygen atoms in total. The maximum absolute atomic E-state index is 12.7. The molecule has 0 aromatic heterocycles. The Hall–Kier alpha value is -2.57. The molecule has 0 spiro atoms. The van der Waals surface area contributed by atoms with Gasteiger partial charge in [0.05, 0.1) is 11.6 Å². The lowest BCUT2D eigenvalue weighted by Gasteiger charge is -2.31. The average molecular weight is 416 g/mol. The van der Waals surface area contributed by atoms with Gasteiger partial charge in [0, 0.05) is 24.8 Å². The van der Waals surface area contributed by atoms with Crippen molar-refractivity contribution < 1.29 is 9.53 Å². The first kappa shape index (κ1) is 20.2. The van der Waals surface area contributed by atoms with Crippen LogP contribution in [-0.2, 0) is 11.4 Å². The lowest BCUT2D eigenvalue weighted by Crippen LogP contribution is -2.46. The minimum atomic E-state index is -0.311.